The molecule has 0 heterocycles. The van der Waals surface area contributed by atoms with E-state index in [0.717, 1.165) is 0 Å². The van der Waals surface area contributed by atoms with Crippen molar-refractivity contribution in [2.75, 3.05) is 58.9 Å². The lowest BCUT2D eigenvalue weighted by molar-refractivity contribution is 0.241. The second-order valence-corrected chi connectivity index (χ2v) is 6.31. The first-order valence-electron chi connectivity index (χ1n) is 9.88. The number of unbranched alkanes of at least 4 members (excludes halogenated alkanes) is 2. The van der Waals surface area contributed by atoms with E-state index in [1.54, 1.807) is 0 Å². The predicted octanol–water partition coefficient (Wildman–Crippen LogP) is 3.94. The third-order valence-electron chi connectivity index (χ3n) is 4.73. The summed E-state index contributed by atoms with van der Waals surface area (Å²) in [5, 5.41) is 0. The maximum absolute atomic E-state index is 2.64. The van der Waals surface area contributed by atoms with Crippen molar-refractivity contribution in [3.8, 4) is 0 Å². The van der Waals surface area contributed by atoms with E-state index >= 15 is 0 Å². The van der Waals surface area contributed by atoms with Crippen LogP contribution in [0, 0.1) is 0 Å². The highest BCUT2D eigenvalue weighted by Gasteiger charge is 2.05. The lowest BCUT2D eigenvalue weighted by atomic mass is 10.2. The van der Waals surface area contributed by atoms with Gasteiger partial charge in [0.2, 0.25) is 0 Å². The summed E-state index contributed by atoms with van der Waals surface area (Å²) in [6.07, 6.45) is 6.68. The number of nitrogens with zero attached hydrogens (tertiary/aromatic N) is 3. The molecule has 0 aromatic heterocycles. The smallest absolute Gasteiger partial charge is 0.00184 e. The van der Waals surface area contributed by atoms with Crippen LogP contribution in [-0.2, 0) is 0 Å². The lowest BCUT2D eigenvalue weighted by Crippen LogP contribution is -2.29. The van der Waals surface area contributed by atoms with Crippen molar-refractivity contribution >= 4 is 0 Å². The largest absolute Gasteiger partial charge is 0.304 e. The molecule has 0 aromatic rings. The summed E-state index contributed by atoms with van der Waals surface area (Å²) in [7, 11) is 0. The van der Waals surface area contributed by atoms with Crippen LogP contribution in [0.3, 0.4) is 0 Å². The van der Waals surface area contributed by atoms with Crippen LogP contribution in [0.25, 0.3) is 0 Å². The molecule has 0 aliphatic rings. The summed E-state index contributed by atoms with van der Waals surface area (Å²) < 4.78 is 0. The molecule has 0 amide bonds. The van der Waals surface area contributed by atoms with Gasteiger partial charge in [0.1, 0.15) is 0 Å². The van der Waals surface area contributed by atoms with E-state index in [-0.39, 0.29) is 0 Å². The van der Waals surface area contributed by atoms with Gasteiger partial charge in [-0.2, -0.15) is 0 Å². The van der Waals surface area contributed by atoms with Crippen LogP contribution < -0.4 is 0 Å². The van der Waals surface area contributed by atoms with Gasteiger partial charge >= 0.3 is 0 Å². The average molecular weight is 314 g/mol. The Morgan fingerprint density at radius 3 is 1.05 bits per heavy atom. The summed E-state index contributed by atoms with van der Waals surface area (Å²) in [4.78, 5) is 7.75. The van der Waals surface area contributed by atoms with Crippen molar-refractivity contribution in [3.63, 3.8) is 0 Å². The second-order valence-electron chi connectivity index (χ2n) is 6.31. The minimum atomic E-state index is 1.19. The van der Waals surface area contributed by atoms with Crippen LogP contribution in [0.4, 0.5) is 0 Å². The predicted molar refractivity (Wildman–Crippen MR) is 101 cm³/mol. The zero-order valence-corrected chi connectivity index (χ0v) is 16.2. The quantitative estimate of drug-likeness (QED) is 0.400. The van der Waals surface area contributed by atoms with Gasteiger partial charge in [-0.05, 0) is 91.0 Å². The van der Waals surface area contributed by atoms with Crippen molar-refractivity contribution < 1.29 is 0 Å². The Labute approximate surface area is 141 Å². The van der Waals surface area contributed by atoms with Gasteiger partial charge in [-0.25, -0.2) is 0 Å². The molecular weight excluding hydrogens is 270 g/mol. The highest BCUT2D eigenvalue weighted by Crippen LogP contribution is 2.02. The summed E-state index contributed by atoms with van der Waals surface area (Å²) in [5.41, 5.74) is 0. The molecule has 22 heavy (non-hydrogen) atoms. The third-order valence-corrected chi connectivity index (χ3v) is 4.73. The van der Waals surface area contributed by atoms with E-state index in [1.165, 1.54) is 91.0 Å². The van der Waals surface area contributed by atoms with Gasteiger partial charge in [-0.15, -0.1) is 0 Å². The fourth-order valence-electron chi connectivity index (χ4n) is 3.05. The van der Waals surface area contributed by atoms with Gasteiger partial charge in [0.25, 0.3) is 0 Å². The standard InChI is InChI=1S/C19H43N3/c1-6-15-21(9-4)17-13-14-19-22(10-5)18-12-11-16-20(7-2)8-3/h6-19H2,1-5H3. The minimum Gasteiger partial charge on any atom is -0.304 e. The molecule has 0 aliphatic carbocycles. The Morgan fingerprint density at radius 1 is 0.409 bits per heavy atom. The fourth-order valence-corrected chi connectivity index (χ4v) is 3.05. The molecule has 3 nitrogen and oxygen atoms in total. The Kier molecular flexibility index (Phi) is 15.7. The summed E-state index contributed by atoms with van der Waals surface area (Å²) in [6.45, 7) is 22.6. The molecule has 0 unspecified atom stereocenters. The highest BCUT2D eigenvalue weighted by molar-refractivity contribution is 4.60. The van der Waals surface area contributed by atoms with Crippen LogP contribution in [0.2, 0.25) is 0 Å². The fraction of sp³-hybridized carbons (Fsp3) is 1.00. The molecule has 0 aliphatic heterocycles. The van der Waals surface area contributed by atoms with Crippen molar-refractivity contribution in [3.05, 3.63) is 0 Å². The molecule has 0 spiro atoms. The maximum atomic E-state index is 2.64. The van der Waals surface area contributed by atoms with Crippen molar-refractivity contribution in [1.82, 2.24) is 14.7 Å². The normalized spacial score (nSPS) is 12.0. The molecule has 3 heteroatoms. The van der Waals surface area contributed by atoms with Crippen LogP contribution in [0.1, 0.15) is 66.7 Å². The van der Waals surface area contributed by atoms with E-state index in [0.29, 0.717) is 0 Å². The molecule has 134 valence electrons. The maximum Gasteiger partial charge on any atom is -0.00184 e. The van der Waals surface area contributed by atoms with Crippen molar-refractivity contribution in [1.29, 1.82) is 0 Å². The molecular formula is C19H43N3. The Morgan fingerprint density at radius 2 is 0.727 bits per heavy atom. The highest BCUT2D eigenvalue weighted by atomic mass is 15.1. The topological polar surface area (TPSA) is 9.72 Å². The van der Waals surface area contributed by atoms with E-state index < -0.39 is 0 Å². The average Bonchev–Trinajstić information content (AvgIpc) is 2.55. The van der Waals surface area contributed by atoms with Crippen LogP contribution in [0.15, 0.2) is 0 Å². The van der Waals surface area contributed by atoms with Crippen LogP contribution >= 0.6 is 0 Å². The first-order chi connectivity index (χ1) is 10.7. The van der Waals surface area contributed by atoms with Gasteiger partial charge in [-0.1, -0.05) is 34.6 Å². The molecule has 0 saturated heterocycles. The van der Waals surface area contributed by atoms with Crippen LogP contribution in [0.5, 0.6) is 0 Å². The minimum absolute atomic E-state index is 1.19. The number of rotatable bonds is 16. The van der Waals surface area contributed by atoms with Gasteiger partial charge in [0, 0.05) is 0 Å². The Hall–Kier alpha value is -0.120. The van der Waals surface area contributed by atoms with Gasteiger partial charge < -0.3 is 14.7 Å². The van der Waals surface area contributed by atoms with Crippen molar-refractivity contribution in [2.45, 2.75) is 66.7 Å². The van der Waals surface area contributed by atoms with E-state index in [2.05, 4.69) is 49.3 Å². The summed E-state index contributed by atoms with van der Waals surface area (Å²) in [5.74, 6) is 0. The van der Waals surface area contributed by atoms with E-state index in [1.807, 2.05) is 0 Å². The van der Waals surface area contributed by atoms with Gasteiger partial charge in [-0.3, -0.25) is 0 Å². The molecule has 0 bridgehead atoms. The molecule has 0 radical (unpaired) electrons. The van der Waals surface area contributed by atoms with Gasteiger partial charge in [0.05, 0.1) is 0 Å². The lowest BCUT2D eigenvalue weighted by Gasteiger charge is -2.23. The van der Waals surface area contributed by atoms with E-state index in [9.17, 15) is 0 Å². The molecule has 0 fully saturated rings. The molecule has 0 aromatic carbocycles. The molecule has 0 saturated carbocycles. The second kappa shape index (κ2) is 15.8. The first-order valence-corrected chi connectivity index (χ1v) is 9.88. The zero-order valence-electron chi connectivity index (χ0n) is 16.2. The first kappa shape index (κ1) is 21.9. The zero-order chi connectivity index (χ0) is 16.6. The molecule has 0 atom stereocenters. The number of hydrogen-bond donors (Lipinski definition) is 0. The van der Waals surface area contributed by atoms with Gasteiger partial charge in [0.15, 0.2) is 0 Å². The SMILES string of the molecule is CCCN(CC)CCCCN(CC)CCCCN(CC)CC. The monoisotopic (exact) mass is 313 g/mol. The summed E-state index contributed by atoms with van der Waals surface area (Å²) in [6, 6.07) is 0. The summed E-state index contributed by atoms with van der Waals surface area (Å²) >= 11 is 0. The molecule has 0 rings (SSSR count). The third kappa shape index (κ3) is 11.4. The molecule has 0 N–H and O–H groups in total. The number of hydrogen-bond acceptors (Lipinski definition) is 3. The van der Waals surface area contributed by atoms with Crippen LogP contribution in [-0.4, -0.2) is 73.6 Å². The van der Waals surface area contributed by atoms with Crippen molar-refractivity contribution in [2.24, 2.45) is 0 Å². The Bertz CT molecular complexity index is 217. The van der Waals surface area contributed by atoms with E-state index in [4.69, 9.17) is 0 Å². The Balaban J connectivity index is 3.66.